The van der Waals surface area contributed by atoms with Gasteiger partial charge in [0.2, 0.25) is 0 Å². The SMILES string of the molecule is Cc1ccc(NC(=O)c2cc(S(C)(=O)=O)n(-c3ccc(F)cc3)n2)cc1Nc1ncccc1-c1ncnc2c1ncn2C1CCCCO1. The molecule has 2 N–H and O–H groups in total. The Kier molecular flexibility index (Phi) is 8.14. The Hall–Kier alpha value is -5.54. The number of carbonyl (C=O) groups is 1. The molecule has 0 bridgehead atoms. The van der Waals surface area contributed by atoms with E-state index in [1.807, 2.05) is 29.7 Å². The van der Waals surface area contributed by atoms with Crippen LogP contribution >= 0.6 is 0 Å². The highest BCUT2D eigenvalue weighted by atomic mass is 32.2. The third-order valence-electron chi connectivity index (χ3n) is 8.00. The van der Waals surface area contributed by atoms with E-state index in [1.54, 1.807) is 24.7 Å². The van der Waals surface area contributed by atoms with Gasteiger partial charge in [0.1, 0.15) is 35.4 Å². The summed E-state index contributed by atoms with van der Waals surface area (Å²) in [5.74, 6) is -0.601. The highest BCUT2D eigenvalue weighted by molar-refractivity contribution is 7.90. The summed E-state index contributed by atoms with van der Waals surface area (Å²) < 4.78 is 47.6. The third-order valence-corrected chi connectivity index (χ3v) is 9.05. The topological polar surface area (TPSA) is 159 Å². The number of carbonyl (C=O) groups excluding carboxylic acids is 1. The third kappa shape index (κ3) is 6.12. The molecule has 0 spiro atoms. The Morgan fingerprint density at radius 3 is 2.62 bits per heavy atom. The molecule has 0 saturated carbocycles. The monoisotopic (exact) mass is 667 g/mol. The van der Waals surface area contributed by atoms with Gasteiger partial charge in [-0.3, -0.25) is 9.36 Å². The lowest BCUT2D eigenvalue weighted by atomic mass is 10.1. The number of pyridine rings is 1. The predicted molar refractivity (Wildman–Crippen MR) is 176 cm³/mol. The summed E-state index contributed by atoms with van der Waals surface area (Å²) >= 11 is 0. The molecule has 5 heterocycles. The van der Waals surface area contributed by atoms with Crippen molar-refractivity contribution in [1.29, 1.82) is 0 Å². The van der Waals surface area contributed by atoms with Crippen LogP contribution in [0.15, 0.2) is 84.5 Å². The number of ether oxygens (including phenoxy) is 1. The van der Waals surface area contributed by atoms with Crippen LogP contribution in [0, 0.1) is 12.7 Å². The van der Waals surface area contributed by atoms with Gasteiger partial charge in [0.25, 0.3) is 5.91 Å². The van der Waals surface area contributed by atoms with Gasteiger partial charge in [-0.25, -0.2) is 37.4 Å². The largest absolute Gasteiger partial charge is 0.358 e. The summed E-state index contributed by atoms with van der Waals surface area (Å²) in [7, 11) is -3.78. The van der Waals surface area contributed by atoms with Crippen molar-refractivity contribution >= 4 is 44.1 Å². The van der Waals surface area contributed by atoms with Crippen LogP contribution in [-0.4, -0.2) is 61.5 Å². The summed E-state index contributed by atoms with van der Waals surface area (Å²) in [6.45, 7) is 2.60. The molecule has 1 saturated heterocycles. The molecule has 1 unspecified atom stereocenters. The number of nitrogens with zero attached hydrogens (tertiary/aromatic N) is 7. The molecule has 6 aromatic rings. The molecular weight excluding hydrogens is 637 g/mol. The Bertz CT molecular complexity index is 2260. The van der Waals surface area contributed by atoms with Gasteiger partial charge in [-0.2, -0.15) is 5.10 Å². The second kappa shape index (κ2) is 12.6. The van der Waals surface area contributed by atoms with Gasteiger partial charge in [0, 0.05) is 42.1 Å². The standard InChI is InChI=1S/C33H30FN9O4S/c1-20-8-11-22(39-33(44)26-17-28(48(2,45)46)43(41-26)23-12-9-21(34)10-13-23)16-25(20)40-31-24(6-5-14-35-31)29-30-32(37-18-36-29)42(19-38-30)27-7-3-4-15-47-27/h5-6,8-14,16-19,27H,3-4,7,15H2,1-2H3,(H,35,40)(H,39,44). The van der Waals surface area contributed by atoms with Crippen molar-refractivity contribution in [2.24, 2.45) is 0 Å². The number of anilines is 3. The number of halogens is 1. The van der Waals surface area contributed by atoms with Gasteiger partial charge in [-0.15, -0.1) is 0 Å². The minimum Gasteiger partial charge on any atom is -0.358 e. The first-order valence-corrected chi connectivity index (χ1v) is 17.0. The number of nitrogens with one attached hydrogen (secondary N) is 2. The lowest BCUT2D eigenvalue weighted by Gasteiger charge is -2.23. The molecule has 2 aromatic carbocycles. The number of hydrogen-bond acceptors (Lipinski definition) is 10. The Labute approximate surface area is 274 Å². The number of sulfone groups is 1. The molecule has 1 fully saturated rings. The van der Waals surface area contributed by atoms with Crippen LogP contribution in [0.1, 0.15) is 41.5 Å². The smallest absolute Gasteiger partial charge is 0.276 e. The van der Waals surface area contributed by atoms with Crippen LogP contribution in [0.2, 0.25) is 0 Å². The van der Waals surface area contributed by atoms with Gasteiger partial charge in [-0.1, -0.05) is 6.07 Å². The Morgan fingerprint density at radius 1 is 1.02 bits per heavy atom. The van der Waals surface area contributed by atoms with Crippen LogP contribution < -0.4 is 10.6 Å². The van der Waals surface area contributed by atoms with Crippen LogP contribution in [0.5, 0.6) is 0 Å². The minimum absolute atomic E-state index is 0.131. The van der Waals surface area contributed by atoms with E-state index >= 15 is 0 Å². The van der Waals surface area contributed by atoms with Crippen molar-refractivity contribution in [3.05, 3.63) is 96.6 Å². The number of amides is 1. The first kappa shape index (κ1) is 31.1. The van der Waals surface area contributed by atoms with E-state index in [2.05, 4.69) is 35.7 Å². The fourth-order valence-corrected chi connectivity index (χ4v) is 6.35. The quantitative estimate of drug-likeness (QED) is 0.209. The van der Waals surface area contributed by atoms with Gasteiger partial charge in [0.15, 0.2) is 26.2 Å². The molecule has 0 radical (unpaired) electrons. The molecule has 48 heavy (non-hydrogen) atoms. The van der Waals surface area contributed by atoms with Crippen LogP contribution in [-0.2, 0) is 14.6 Å². The van der Waals surface area contributed by atoms with Gasteiger partial charge >= 0.3 is 0 Å². The van der Waals surface area contributed by atoms with E-state index in [0.717, 1.165) is 35.8 Å². The number of rotatable bonds is 8. The van der Waals surface area contributed by atoms with Crippen LogP contribution in [0.3, 0.4) is 0 Å². The van der Waals surface area contributed by atoms with E-state index in [4.69, 9.17) is 4.74 Å². The molecule has 13 nitrogen and oxygen atoms in total. The molecule has 4 aromatic heterocycles. The maximum atomic E-state index is 13.5. The highest BCUT2D eigenvalue weighted by Gasteiger charge is 2.24. The first-order valence-electron chi connectivity index (χ1n) is 15.2. The van der Waals surface area contributed by atoms with Crippen molar-refractivity contribution in [2.45, 2.75) is 37.4 Å². The number of fused-ring (bicyclic) bond motifs is 1. The molecule has 15 heteroatoms. The van der Waals surface area contributed by atoms with Crippen LogP contribution in [0.4, 0.5) is 21.6 Å². The fraction of sp³-hybridized carbons (Fsp3) is 0.212. The zero-order valence-corrected chi connectivity index (χ0v) is 26.8. The Morgan fingerprint density at radius 2 is 1.85 bits per heavy atom. The molecule has 1 amide bonds. The van der Waals surface area contributed by atoms with Crippen molar-refractivity contribution in [1.82, 2.24) is 34.3 Å². The molecule has 1 aliphatic rings. The summed E-state index contributed by atoms with van der Waals surface area (Å²) in [6.07, 6.45) is 8.77. The normalized spacial score (nSPS) is 15.0. The van der Waals surface area contributed by atoms with Crippen molar-refractivity contribution in [3.63, 3.8) is 0 Å². The molecule has 0 aliphatic carbocycles. The number of aryl methyl sites for hydroxylation is 1. The summed E-state index contributed by atoms with van der Waals surface area (Å²) in [6, 6.07) is 15.3. The van der Waals surface area contributed by atoms with Crippen LogP contribution in [0.25, 0.3) is 28.1 Å². The van der Waals surface area contributed by atoms with Crippen molar-refractivity contribution in [2.75, 3.05) is 23.5 Å². The lowest BCUT2D eigenvalue weighted by Crippen LogP contribution is -2.17. The summed E-state index contributed by atoms with van der Waals surface area (Å²) in [4.78, 5) is 31.6. The van der Waals surface area contributed by atoms with E-state index < -0.39 is 21.6 Å². The summed E-state index contributed by atoms with van der Waals surface area (Å²) in [5, 5.41) is 10.2. The number of aromatic nitrogens is 7. The Balaban J connectivity index is 1.17. The first-order chi connectivity index (χ1) is 23.2. The fourth-order valence-electron chi connectivity index (χ4n) is 5.56. The van der Waals surface area contributed by atoms with Crippen molar-refractivity contribution < 1.29 is 22.3 Å². The van der Waals surface area contributed by atoms with E-state index in [1.165, 1.54) is 36.7 Å². The van der Waals surface area contributed by atoms with E-state index in [0.29, 0.717) is 51.9 Å². The van der Waals surface area contributed by atoms with Gasteiger partial charge in [-0.05, 0) is 80.3 Å². The number of benzene rings is 2. The molecule has 1 aliphatic heterocycles. The zero-order valence-electron chi connectivity index (χ0n) is 26.0. The molecule has 244 valence electrons. The molecule has 1 atom stereocenters. The molecule has 7 rings (SSSR count). The van der Waals surface area contributed by atoms with Gasteiger partial charge < -0.3 is 15.4 Å². The average molecular weight is 668 g/mol. The second-order valence-electron chi connectivity index (χ2n) is 11.4. The lowest BCUT2D eigenvalue weighted by molar-refractivity contribution is -0.0298. The average Bonchev–Trinajstić information content (AvgIpc) is 3.73. The van der Waals surface area contributed by atoms with Gasteiger partial charge in [0.05, 0.1) is 12.0 Å². The van der Waals surface area contributed by atoms with E-state index in [9.17, 15) is 17.6 Å². The maximum Gasteiger partial charge on any atom is 0.276 e. The summed E-state index contributed by atoms with van der Waals surface area (Å²) in [5.41, 5.74) is 4.71. The second-order valence-corrected chi connectivity index (χ2v) is 13.4. The number of imidazole rings is 1. The highest BCUT2D eigenvalue weighted by Crippen LogP contribution is 2.34. The maximum absolute atomic E-state index is 13.5. The molecular formula is C33H30FN9O4S. The van der Waals surface area contributed by atoms with Crippen molar-refractivity contribution in [3.8, 4) is 16.9 Å². The van der Waals surface area contributed by atoms with E-state index in [-0.39, 0.29) is 16.9 Å². The predicted octanol–water partition coefficient (Wildman–Crippen LogP) is 5.62. The minimum atomic E-state index is -3.78. The zero-order chi connectivity index (χ0) is 33.4. The number of hydrogen-bond donors (Lipinski definition) is 2.